The van der Waals surface area contributed by atoms with Crippen molar-refractivity contribution < 1.29 is 9.72 Å². The van der Waals surface area contributed by atoms with Gasteiger partial charge >= 0.3 is 0 Å². The van der Waals surface area contributed by atoms with E-state index in [-0.39, 0.29) is 28.4 Å². The Labute approximate surface area is 121 Å². The molecular weight excluding hydrogens is 282 g/mol. The average Bonchev–Trinajstić information content (AvgIpc) is 2.46. The van der Waals surface area contributed by atoms with Gasteiger partial charge in [0.15, 0.2) is 0 Å². The fourth-order valence-electron chi connectivity index (χ4n) is 2.59. The molecule has 6 nitrogen and oxygen atoms in total. The molecule has 1 aliphatic heterocycles. The van der Waals surface area contributed by atoms with E-state index < -0.39 is 4.92 Å². The van der Waals surface area contributed by atoms with Crippen LogP contribution in [0.5, 0.6) is 0 Å². The molecule has 20 heavy (non-hydrogen) atoms. The molecule has 0 N–H and O–H groups in total. The van der Waals surface area contributed by atoms with E-state index >= 15 is 0 Å². The molecule has 1 aliphatic rings. The zero-order chi connectivity index (χ0) is 14.7. The van der Waals surface area contributed by atoms with Gasteiger partial charge in [-0.05, 0) is 31.7 Å². The Bertz CT molecular complexity index is 536. The van der Waals surface area contributed by atoms with Crippen molar-refractivity contribution in [2.75, 3.05) is 6.54 Å². The van der Waals surface area contributed by atoms with Gasteiger partial charge in [-0.25, -0.2) is 4.98 Å². The van der Waals surface area contributed by atoms with Gasteiger partial charge in [0.05, 0.1) is 4.92 Å². The molecule has 2 rings (SSSR count). The Balaban J connectivity index is 2.36. The summed E-state index contributed by atoms with van der Waals surface area (Å²) in [5.41, 5.74) is -0.268. The number of hydrogen-bond donors (Lipinski definition) is 0. The van der Waals surface area contributed by atoms with Gasteiger partial charge in [-0.1, -0.05) is 18.5 Å². The molecule has 1 aromatic heterocycles. The summed E-state index contributed by atoms with van der Waals surface area (Å²) in [6.07, 6.45) is 4.84. The number of amides is 1. The van der Waals surface area contributed by atoms with Crippen molar-refractivity contribution in [3.63, 3.8) is 0 Å². The van der Waals surface area contributed by atoms with E-state index in [1.54, 1.807) is 4.90 Å². The van der Waals surface area contributed by atoms with Crippen LogP contribution in [0.3, 0.4) is 0 Å². The van der Waals surface area contributed by atoms with E-state index in [1.807, 2.05) is 6.92 Å². The van der Waals surface area contributed by atoms with E-state index in [1.165, 1.54) is 6.07 Å². The Morgan fingerprint density at radius 1 is 1.60 bits per heavy atom. The number of piperidine rings is 1. The van der Waals surface area contributed by atoms with Crippen molar-refractivity contribution in [2.24, 2.45) is 0 Å². The molecule has 0 radical (unpaired) electrons. The maximum absolute atomic E-state index is 12.6. The first-order chi connectivity index (χ1) is 9.54. The highest BCUT2D eigenvalue weighted by Gasteiger charge is 2.30. The number of halogens is 1. The Morgan fingerprint density at radius 2 is 2.35 bits per heavy atom. The number of carbonyl (C=O) groups is 1. The van der Waals surface area contributed by atoms with Crippen LogP contribution in [-0.2, 0) is 0 Å². The van der Waals surface area contributed by atoms with Gasteiger partial charge in [-0.2, -0.15) is 0 Å². The molecule has 1 fully saturated rings. The summed E-state index contributed by atoms with van der Waals surface area (Å²) in [5.74, 6) is -0.326. The van der Waals surface area contributed by atoms with Crippen LogP contribution in [0, 0.1) is 10.1 Å². The molecule has 0 bridgehead atoms. The van der Waals surface area contributed by atoms with Crippen LogP contribution in [0.25, 0.3) is 0 Å². The van der Waals surface area contributed by atoms with Crippen LogP contribution >= 0.6 is 11.6 Å². The first-order valence-electron chi connectivity index (χ1n) is 6.65. The molecule has 1 unspecified atom stereocenters. The quantitative estimate of drug-likeness (QED) is 0.488. The second-order valence-corrected chi connectivity index (χ2v) is 5.22. The predicted octanol–water partition coefficient (Wildman–Crippen LogP) is 3.05. The highest BCUT2D eigenvalue weighted by molar-refractivity contribution is 6.29. The SMILES string of the molecule is CCC1CCCCN1C(=O)c1cc(Cl)ncc1[N+](=O)[O-]. The van der Waals surface area contributed by atoms with Gasteiger partial charge in [-0.3, -0.25) is 14.9 Å². The van der Waals surface area contributed by atoms with Gasteiger partial charge in [0, 0.05) is 12.6 Å². The maximum atomic E-state index is 12.6. The number of likely N-dealkylation sites (tertiary alicyclic amines) is 1. The summed E-state index contributed by atoms with van der Waals surface area (Å²) in [7, 11) is 0. The monoisotopic (exact) mass is 297 g/mol. The van der Waals surface area contributed by atoms with Crippen LogP contribution in [0.2, 0.25) is 5.15 Å². The third-order valence-corrected chi connectivity index (χ3v) is 3.84. The Hall–Kier alpha value is -1.69. The molecule has 2 heterocycles. The molecule has 0 spiro atoms. The van der Waals surface area contributed by atoms with E-state index in [2.05, 4.69) is 4.98 Å². The van der Waals surface area contributed by atoms with Crippen molar-refractivity contribution in [2.45, 2.75) is 38.6 Å². The summed E-state index contributed by atoms with van der Waals surface area (Å²) < 4.78 is 0. The summed E-state index contributed by atoms with van der Waals surface area (Å²) >= 11 is 5.77. The molecule has 0 aromatic carbocycles. The lowest BCUT2D eigenvalue weighted by Crippen LogP contribution is -2.43. The predicted molar refractivity (Wildman–Crippen MR) is 74.9 cm³/mol. The number of pyridine rings is 1. The lowest BCUT2D eigenvalue weighted by molar-refractivity contribution is -0.385. The summed E-state index contributed by atoms with van der Waals surface area (Å²) in [6.45, 7) is 2.65. The lowest BCUT2D eigenvalue weighted by atomic mass is 9.99. The maximum Gasteiger partial charge on any atom is 0.300 e. The normalized spacial score (nSPS) is 18.9. The van der Waals surface area contributed by atoms with Crippen molar-refractivity contribution >= 4 is 23.2 Å². The van der Waals surface area contributed by atoms with Crippen LogP contribution in [0.4, 0.5) is 5.69 Å². The molecule has 1 amide bonds. The highest BCUT2D eigenvalue weighted by Crippen LogP contribution is 2.26. The third kappa shape index (κ3) is 2.90. The van der Waals surface area contributed by atoms with Crippen LogP contribution < -0.4 is 0 Å². The fourth-order valence-corrected chi connectivity index (χ4v) is 2.74. The number of nitro groups is 1. The standard InChI is InChI=1S/C13H16ClN3O3/c1-2-9-5-3-4-6-16(9)13(18)10-7-12(14)15-8-11(10)17(19)20/h7-9H,2-6H2,1H3. The summed E-state index contributed by atoms with van der Waals surface area (Å²) in [5, 5.41) is 11.1. The third-order valence-electron chi connectivity index (χ3n) is 3.64. The van der Waals surface area contributed by atoms with Crippen molar-refractivity contribution in [1.82, 2.24) is 9.88 Å². The Kier molecular flexibility index (Phi) is 4.54. The van der Waals surface area contributed by atoms with Crippen molar-refractivity contribution in [3.8, 4) is 0 Å². The summed E-state index contributed by atoms with van der Waals surface area (Å²) in [4.78, 5) is 28.4. The molecular formula is C13H16ClN3O3. The van der Waals surface area contributed by atoms with Crippen LogP contribution in [0.15, 0.2) is 12.3 Å². The molecule has 7 heteroatoms. The summed E-state index contributed by atoms with van der Waals surface area (Å²) in [6, 6.07) is 1.42. The smallest absolute Gasteiger partial charge is 0.300 e. The lowest BCUT2D eigenvalue weighted by Gasteiger charge is -2.35. The van der Waals surface area contributed by atoms with Crippen molar-refractivity contribution in [3.05, 3.63) is 33.1 Å². The van der Waals surface area contributed by atoms with E-state index in [4.69, 9.17) is 11.6 Å². The highest BCUT2D eigenvalue weighted by atomic mass is 35.5. The number of aromatic nitrogens is 1. The van der Waals surface area contributed by atoms with Gasteiger partial charge in [0.1, 0.15) is 16.9 Å². The first-order valence-corrected chi connectivity index (χ1v) is 7.03. The topological polar surface area (TPSA) is 76.3 Å². The van der Waals surface area contributed by atoms with Gasteiger partial charge in [0.2, 0.25) is 0 Å². The molecule has 1 atom stereocenters. The van der Waals surface area contributed by atoms with E-state index in [9.17, 15) is 14.9 Å². The van der Waals surface area contributed by atoms with Gasteiger partial charge < -0.3 is 4.90 Å². The fraction of sp³-hybridized carbons (Fsp3) is 0.538. The first kappa shape index (κ1) is 14.7. The van der Waals surface area contributed by atoms with Crippen LogP contribution in [0.1, 0.15) is 43.0 Å². The minimum Gasteiger partial charge on any atom is -0.335 e. The van der Waals surface area contributed by atoms with E-state index in [0.717, 1.165) is 31.9 Å². The minimum absolute atomic E-state index is 0.0235. The number of nitrogens with zero attached hydrogens (tertiary/aromatic N) is 3. The number of hydrogen-bond acceptors (Lipinski definition) is 4. The van der Waals surface area contributed by atoms with Gasteiger partial charge in [0.25, 0.3) is 11.6 Å². The number of rotatable bonds is 3. The molecule has 0 saturated carbocycles. The molecule has 1 aromatic rings. The molecule has 1 saturated heterocycles. The van der Waals surface area contributed by atoms with E-state index in [0.29, 0.717) is 6.54 Å². The Morgan fingerprint density at radius 3 is 3.00 bits per heavy atom. The van der Waals surface area contributed by atoms with Crippen LogP contribution in [-0.4, -0.2) is 33.3 Å². The zero-order valence-electron chi connectivity index (χ0n) is 11.2. The average molecular weight is 298 g/mol. The largest absolute Gasteiger partial charge is 0.335 e. The molecule has 0 aliphatic carbocycles. The minimum atomic E-state index is -0.596. The molecule has 108 valence electrons. The second-order valence-electron chi connectivity index (χ2n) is 4.84. The van der Waals surface area contributed by atoms with Gasteiger partial charge in [-0.15, -0.1) is 0 Å². The second kappa shape index (κ2) is 6.17. The number of carbonyl (C=O) groups excluding carboxylic acids is 1. The van der Waals surface area contributed by atoms with Crippen molar-refractivity contribution in [1.29, 1.82) is 0 Å². The zero-order valence-corrected chi connectivity index (χ0v) is 12.0.